The second kappa shape index (κ2) is 8.22. The lowest BCUT2D eigenvalue weighted by Gasteiger charge is -2.13. The van der Waals surface area contributed by atoms with Crippen molar-refractivity contribution in [3.63, 3.8) is 0 Å². The maximum atomic E-state index is 14.6. The fraction of sp³-hybridized carbons (Fsp3) is 0.0476. The summed E-state index contributed by atoms with van der Waals surface area (Å²) in [4.78, 5) is 8.08. The minimum Gasteiger partial charge on any atom is -0.454 e. The molecule has 6 nitrogen and oxygen atoms in total. The molecule has 0 fully saturated rings. The number of aryl methyl sites for hydroxylation is 1. The van der Waals surface area contributed by atoms with Crippen LogP contribution in [-0.2, 0) is 0 Å². The third-order valence-electron chi connectivity index (χ3n) is 3.88. The molecule has 0 saturated carbocycles. The van der Waals surface area contributed by atoms with E-state index in [0.717, 1.165) is 5.56 Å². The van der Waals surface area contributed by atoms with Gasteiger partial charge < -0.3 is 21.5 Å². The topological polar surface area (TPSA) is 99.1 Å². The molecule has 0 atom stereocenters. The van der Waals surface area contributed by atoms with Gasteiger partial charge in [-0.3, -0.25) is 0 Å². The Morgan fingerprint density at radius 1 is 1.14 bits per heavy atom. The molecule has 142 valence electrons. The Bertz CT molecular complexity index is 1030. The summed E-state index contributed by atoms with van der Waals surface area (Å²) in [5.41, 5.74) is 13.9. The minimum absolute atomic E-state index is 0.0804. The number of nitrogens with two attached hydrogens (primary N) is 2. The van der Waals surface area contributed by atoms with Crippen LogP contribution in [-0.4, -0.2) is 9.97 Å². The van der Waals surface area contributed by atoms with E-state index >= 15 is 0 Å². The SMILES string of the molecule is C=Cc1cccc(Oc2ccc(Nc3cc(C)nc(N)n3)cc2F)c1/C=C\N. The fourth-order valence-corrected chi connectivity index (χ4v) is 2.69. The molecule has 0 amide bonds. The molecule has 0 saturated heterocycles. The number of nitrogens with one attached hydrogen (secondary N) is 1. The minimum atomic E-state index is -0.532. The van der Waals surface area contributed by atoms with E-state index in [1.54, 1.807) is 43.3 Å². The van der Waals surface area contributed by atoms with Crippen LogP contribution in [0.15, 0.2) is 55.2 Å². The van der Waals surface area contributed by atoms with E-state index < -0.39 is 5.82 Å². The van der Waals surface area contributed by atoms with E-state index in [1.165, 1.54) is 18.3 Å². The van der Waals surface area contributed by atoms with E-state index in [-0.39, 0.29) is 11.7 Å². The van der Waals surface area contributed by atoms with Crippen LogP contribution in [0.25, 0.3) is 12.2 Å². The van der Waals surface area contributed by atoms with E-state index in [9.17, 15) is 4.39 Å². The zero-order valence-electron chi connectivity index (χ0n) is 15.3. The molecule has 28 heavy (non-hydrogen) atoms. The number of nitrogen functional groups attached to an aromatic ring is 1. The van der Waals surface area contributed by atoms with Crippen LogP contribution in [0.1, 0.15) is 16.8 Å². The van der Waals surface area contributed by atoms with Gasteiger partial charge in [-0.15, -0.1) is 0 Å². The zero-order chi connectivity index (χ0) is 20.1. The zero-order valence-corrected chi connectivity index (χ0v) is 15.3. The number of rotatable bonds is 6. The van der Waals surface area contributed by atoms with Gasteiger partial charge in [0.25, 0.3) is 0 Å². The molecule has 1 heterocycles. The monoisotopic (exact) mass is 377 g/mol. The standard InChI is InChI=1S/C21H20FN5O/c1-3-14-5-4-6-18(16(14)9-10-23)28-19-8-7-15(12-17(19)22)26-20-11-13(2)25-21(24)27-20/h3-12H,1,23H2,2H3,(H3,24,25,26,27)/b10-9-. The Hall–Kier alpha value is -3.87. The molecule has 0 spiro atoms. The summed E-state index contributed by atoms with van der Waals surface area (Å²) < 4.78 is 20.4. The third kappa shape index (κ3) is 4.27. The molecule has 5 N–H and O–H groups in total. The molecule has 0 unspecified atom stereocenters. The van der Waals surface area contributed by atoms with Gasteiger partial charge in [0.2, 0.25) is 5.95 Å². The van der Waals surface area contributed by atoms with Gasteiger partial charge in [0.15, 0.2) is 11.6 Å². The second-order valence-corrected chi connectivity index (χ2v) is 5.95. The number of aromatic nitrogens is 2. The molecular weight excluding hydrogens is 357 g/mol. The lowest BCUT2D eigenvalue weighted by molar-refractivity contribution is 0.441. The largest absolute Gasteiger partial charge is 0.454 e. The number of nitrogens with zero attached hydrogens (tertiary/aromatic N) is 2. The highest BCUT2D eigenvalue weighted by Crippen LogP contribution is 2.32. The summed E-state index contributed by atoms with van der Waals surface area (Å²) in [6.07, 6.45) is 4.76. The highest BCUT2D eigenvalue weighted by molar-refractivity contribution is 5.70. The van der Waals surface area contributed by atoms with Crippen LogP contribution in [0.2, 0.25) is 0 Å². The van der Waals surface area contributed by atoms with E-state index in [4.69, 9.17) is 16.2 Å². The lowest BCUT2D eigenvalue weighted by Crippen LogP contribution is -2.01. The number of ether oxygens (including phenoxy) is 1. The van der Waals surface area contributed by atoms with Crippen molar-refractivity contribution in [3.05, 3.63) is 77.9 Å². The van der Waals surface area contributed by atoms with Crippen LogP contribution in [0.4, 0.5) is 21.8 Å². The number of hydrogen-bond acceptors (Lipinski definition) is 6. The van der Waals surface area contributed by atoms with Crippen molar-refractivity contribution < 1.29 is 9.13 Å². The molecule has 0 radical (unpaired) electrons. The van der Waals surface area contributed by atoms with Crippen LogP contribution in [0, 0.1) is 12.7 Å². The van der Waals surface area contributed by atoms with Crippen molar-refractivity contribution in [2.24, 2.45) is 5.73 Å². The van der Waals surface area contributed by atoms with Gasteiger partial charge in [-0.2, -0.15) is 4.98 Å². The van der Waals surface area contributed by atoms with Gasteiger partial charge >= 0.3 is 0 Å². The van der Waals surface area contributed by atoms with Crippen LogP contribution >= 0.6 is 0 Å². The van der Waals surface area contributed by atoms with Gasteiger partial charge in [0.05, 0.1) is 0 Å². The van der Waals surface area contributed by atoms with Crippen molar-refractivity contribution in [3.8, 4) is 11.5 Å². The summed E-state index contributed by atoms with van der Waals surface area (Å²) in [5.74, 6) is 0.641. The van der Waals surface area contributed by atoms with Crippen molar-refractivity contribution in [1.82, 2.24) is 9.97 Å². The Morgan fingerprint density at radius 2 is 1.96 bits per heavy atom. The molecule has 1 aromatic heterocycles. The van der Waals surface area contributed by atoms with Crippen LogP contribution in [0.3, 0.4) is 0 Å². The number of halogens is 1. The molecule has 3 aromatic rings. The van der Waals surface area contributed by atoms with Gasteiger partial charge in [0.1, 0.15) is 11.6 Å². The molecule has 0 aliphatic carbocycles. The predicted octanol–water partition coefficient (Wildman–Crippen LogP) is 4.61. The highest BCUT2D eigenvalue weighted by Gasteiger charge is 2.11. The molecule has 0 bridgehead atoms. The average molecular weight is 377 g/mol. The van der Waals surface area contributed by atoms with Crippen LogP contribution < -0.4 is 21.5 Å². The molecule has 7 heteroatoms. The first-order valence-electron chi connectivity index (χ1n) is 8.49. The van der Waals surface area contributed by atoms with Gasteiger partial charge in [-0.25, -0.2) is 9.37 Å². The van der Waals surface area contributed by atoms with Crippen molar-refractivity contribution >= 4 is 29.6 Å². The Labute approximate surface area is 162 Å². The lowest BCUT2D eigenvalue weighted by atomic mass is 10.1. The first-order valence-corrected chi connectivity index (χ1v) is 8.49. The van der Waals surface area contributed by atoms with Gasteiger partial charge in [-0.05, 0) is 43.0 Å². The maximum Gasteiger partial charge on any atom is 0.222 e. The molecular formula is C21H20FN5O. The van der Waals surface area contributed by atoms with Crippen LogP contribution in [0.5, 0.6) is 11.5 Å². The van der Waals surface area contributed by atoms with Crippen molar-refractivity contribution in [2.75, 3.05) is 11.1 Å². The predicted molar refractivity (Wildman–Crippen MR) is 111 cm³/mol. The summed E-state index contributed by atoms with van der Waals surface area (Å²) in [7, 11) is 0. The Morgan fingerprint density at radius 3 is 2.64 bits per heavy atom. The summed E-state index contributed by atoms with van der Waals surface area (Å²) in [6.45, 7) is 5.57. The number of hydrogen-bond donors (Lipinski definition) is 3. The van der Waals surface area contributed by atoms with E-state index in [2.05, 4.69) is 21.9 Å². The first kappa shape index (κ1) is 18.9. The number of benzene rings is 2. The summed E-state index contributed by atoms with van der Waals surface area (Å²) in [5, 5.41) is 3.00. The smallest absolute Gasteiger partial charge is 0.222 e. The summed E-state index contributed by atoms with van der Waals surface area (Å²) >= 11 is 0. The van der Waals surface area contributed by atoms with Gasteiger partial charge in [-0.1, -0.05) is 24.8 Å². The summed E-state index contributed by atoms with van der Waals surface area (Å²) in [6, 6.07) is 11.7. The van der Waals surface area contributed by atoms with Crippen molar-refractivity contribution in [1.29, 1.82) is 0 Å². The Kier molecular flexibility index (Phi) is 5.55. The quantitative estimate of drug-likeness (QED) is 0.580. The maximum absolute atomic E-state index is 14.6. The number of anilines is 3. The fourth-order valence-electron chi connectivity index (χ4n) is 2.69. The van der Waals surface area contributed by atoms with E-state index in [1.807, 2.05) is 6.07 Å². The highest BCUT2D eigenvalue weighted by atomic mass is 19.1. The van der Waals surface area contributed by atoms with Crippen molar-refractivity contribution in [2.45, 2.75) is 6.92 Å². The Balaban J connectivity index is 1.86. The molecule has 0 aliphatic rings. The second-order valence-electron chi connectivity index (χ2n) is 5.95. The normalized spacial score (nSPS) is 10.8. The van der Waals surface area contributed by atoms with E-state index in [0.29, 0.717) is 28.5 Å². The average Bonchev–Trinajstić information content (AvgIpc) is 2.64. The first-order chi connectivity index (χ1) is 13.5. The molecule has 2 aromatic carbocycles. The molecule has 3 rings (SSSR count). The molecule has 0 aliphatic heterocycles. The third-order valence-corrected chi connectivity index (χ3v) is 3.88. The van der Waals surface area contributed by atoms with Gasteiger partial charge in [0, 0.05) is 29.1 Å².